The van der Waals surface area contributed by atoms with Crippen molar-refractivity contribution in [3.8, 4) is 0 Å². The van der Waals surface area contributed by atoms with Gasteiger partial charge in [0.15, 0.2) is 0 Å². The quantitative estimate of drug-likeness (QED) is 0.399. The maximum Gasteiger partial charge on any atom is 0.241 e. The van der Waals surface area contributed by atoms with Crippen molar-refractivity contribution in [1.82, 2.24) is 14.9 Å². The van der Waals surface area contributed by atoms with Gasteiger partial charge in [0.1, 0.15) is 5.82 Å². The Morgan fingerprint density at radius 2 is 1.90 bits per heavy atom. The normalized spacial score (nSPS) is 21.9. The number of hydrogen-bond donors (Lipinski definition) is 3. The third kappa shape index (κ3) is 8.22. The zero-order chi connectivity index (χ0) is 28.0. The maximum atomic E-state index is 15.1. The Bertz CT molecular complexity index is 1220. The van der Waals surface area contributed by atoms with Crippen LogP contribution in [0.2, 0.25) is 5.02 Å². The molecule has 0 unspecified atom stereocenters. The first kappa shape index (κ1) is 29.9. The summed E-state index contributed by atoms with van der Waals surface area (Å²) in [7, 11) is -3.42. The van der Waals surface area contributed by atoms with E-state index < -0.39 is 21.9 Å². The summed E-state index contributed by atoms with van der Waals surface area (Å²) in [4.78, 5) is 13.6. The summed E-state index contributed by atoms with van der Waals surface area (Å²) in [6.07, 6.45) is 3.97. The molecular weight excluding hydrogens is 543 g/mol. The molecule has 3 N–H and O–H groups in total. The molecule has 0 radical (unpaired) electrons. The van der Waals surface area contributed by atoms with Crippen LogP contribution in [0.15, 0.2) is 42.5 Å². The van der Waals surface area contributed by atoms with Crippen LogP contribution in [0.4, 0.5) is 10.1 Å². The van der Waals surface area contributed by atoms with E-state index >= 15 is 4.39 Å². The lowest BCUT2D eigenvalue weighted by Gasteiger charge is -2.39. The van der Waals surface area contributed by atoms with E-state index in [9.17, 15) is 13.2 Å². The fraction of sp³-hybridized carbons (Fsp3) is 0.536. The Morgan fingerprint density at radius 3 is 2.59 bits per heavy atom. The summed E-state index contributed by atoms with van der Waals surface area (Å²) in [5.74, 6) is -0.684. The lowest BCUT2D eigenvalue weighted by molar-refractivity contribution is -0.118. The molecule has 8 nitrogen and oxygen atoms in total. The minimum atomic E-state index is -3.42. The smallest absolute Gasteiger partial charge is 0.241 e. The van der Waals surface area contributed by atoms with E-state index in [1.165, 1.54) is 16.6 Å². The standard InChI is InChI=1S/C28H38ClFN4O4S/c1-19-17-31-18-23(34(19)39(2,36)37)10-11-24-25(30)4-3-5-26(24)33-28(35)27(32-22-12-14-38-15-13-22)16-20-6-8-21(29)9-7-20/h3-9,19,22-23,27,31-32H,10-18H2,1-2H3,(H,33,35)/t19-,23+,27+/m1/s1. The molecule has 2 saturated heterocycles. The topological polar surface area (TPSA) is 99.8 Å². The van der Waals surface area contributed by atoms with Crippen LogP contribution >= 0.6 is 11.6 Å². The number of halogens is 2. The molecule has 214 valence electrons. The number of nitrogens with one attached hydrogen (secondary N) is 3. The number of piperazine rings is 1. The van der Waals surface area contributed by atoms with Crippen LogP contribution in [0.3, 0.4) is 0 Å². The van der Waals surface area contributed by atoms with Gasteiger partial charge in [0.05, 0.1) is 12.3 Å². The molecular formula is C28H38ClFN4O4S. The minimum Gasteiger partial charge on any atom is -0.381 e. The largest absolute Gasteiger partial charge is 0.381 e. The van der Waals surface area contributed by atoms with E-state index in [0.29, 0.717) is 55.4 Å². The lowest BCUT2D eigenvalue weighted by Crippen LogP contribution is -2.58. The number of anilines is 1. The minimum absolute atomic E-state index is 0.136. The van der Waals surface area contributed by atoms with Crippen molar-refractivity contribution < 1.29 is 22.3 Å². The van der Waals surface area contributed by atoms with Gasteiger partial charge >= 0.3 is 0 Å². The summed E-state index contributed by atoms with van der Waals surface area (Å²) in [5, 5.41) is 10.3. The highest BCUT2D eigenvalue weighted by Crippen LogP contribution is 2.25. The number of benzene rings is 2. The number of nitrogens with zero attached hydrogens (tertiary/aromatic N) is 1. The Hall–Kier alpha value is -2.08. The average molecular weight is 581 g/mol. The molecule has 0 bridgehead atoms. The lowest BCUT2D eigenvalue weighted by atomic mass is 9.99. The molecule has 2 aromatic carbocycles. The summed E-state index contributed by atoms with van der Waals surface area (Å²) < 4.78 is 47.0. The van der Waals surface area contributed by atoms with Gasteiger partial charge in [-0.15, -0.1) is 0 Å². The van der Waals surface area contributed by atoms with Crippen LogP contribution in [-0.4, -0.2) is 75.4 Å². The highest BCUT2D eigenvalue weighted by molar-refractivity contribution is 7.88. The molecule has 0 saturated carbocycles. The van der Waals surface area contributed by atoms with Gasteiger partial charge in [-0.3, -0.25) is 4.79 Å². The number of hydrogen-bond acceptors (Lipinski definition) is 6. The van der Waals surface area contributed by atoms with Crippen molar-refractivity contribution in [2.75, 3.05) is 37.9 Å². The number of carbonyl (C=O) groups is 1. The van der Waals surface area contributed by atoms with Gasteiger partial charge < -0.3 is 20.7 Å². The molecule has 11 heteroatoms. The van der Waals surface area contributed by atoms with Crippen molar-refractivity contribution in [3.05, 3.63) is 64.4 Å². The van der Waals surface area contributed by atoms with Crippen LogP contribution < -0.4 is 16.0 Å². The van der Waals surface area contributed by atoms with Crippen molar-refractivity contribution in [3.63, 3.8) is 0 Å². The second-order valence-corrected chi connectivity index (χ2v) is 12.8. The SMILES string of the molecule is C[C@@H]1CNC[C@H](CCc2c(F)cccc2NC(=O)[C@H](Cc2ccc(Cl)cc2)NC2CCOCC2)N1S(C)(=O)=O. The third-order valence-corrected chi connectivity index (χ3v) is 9.10. The Labute approximate surface area is 235 Å². The highest BCUT2D eigenvalue weighted by Gasteiger charge is 2.34. The number of sulfonamides is 1. The first-order valence-corrected chi connectivity index (χ1v) is 15.7. The van der Waals surface area contributed by atoms with E-state index in [1.54, 1.807) is 24.3 Å². The van der Waals surface area contributed by atoms with E-state index in [1.807, 2.05) is 19.1 Å². The molecule has 2 fully saturated rings. The predicted octanol–water partition coefficient (Wildman–Crippen LogP) is 3.35. The summed E-state index contributed by atoms with van der Waals surface area (Å²) in [6, 6.07) is 11.1. The zero-order valence-corrected chi connectivity index (χ0v) is 24.0. The van der Waals surface area contributed by atoms with Crippen molar-refractivity contribution >= 4 is 33.2 Å². The zero-order valence-electron chi connectivity index (χ0n) is 22.5. The van der Waals surface area contributed by atoms with Gasteiger partial charge in [-0.2, -0.15) is 4.31 Å². The monoisotopic (exact) mass is 580 g/mol. The second kappa shape index (κ2) is 13.5. The molecule has 0 aromatic heterocycles. The molecule has 2 heterocycles. The van der Waals surface area contributed by atoms with Crippen LogP contribution in [0, 0.1) is 5.82 Å². The van der Waals surface area contributed by atoms with Gasteiger partial charge in [0.25, 0.3) is 0 Å². The van der Waals surface area contributed by atoms with Crippen molar-refractivity contribution in [1.29, 1.82) is 0 Å². The fourth-order valence-corrected chi connectivity index (χ4v) is 7.09. The number of rotatable bonds is 10. The van der Waals surface area contributed by atoms with Crippen LogP contribution in [0.25, 0.3) is 0 Å². The van der Waals surface area contributed by atoms with E-state index in [0.717, 1.165) is 18.4 Å². The molecule has 4 rings (SSSR count). The maximum absolute atomic E-state index is 15.1. The molecule has 0 spiro atoms. The van der Waals surface area contributed by atoms with Crippen LogP contribution in [0.1, 0.15) is 37.3 Å². The van der Waals surface area contributed by atoms with Gasteiger partial charge in [0, 0.05) is 60.7 Å². The molecule has 1 amide bonds. The fourth-order valence-electron chi connectivity index (χ4n) is 5.52. The first-order chi connectivity index (χ1) is 18.6. The third-order valence-electron chi connectivity index (χ3n) is 7.43. The molecule has 2 aliphatic heterocycles. The van der Waals surface area contributed by atoms with Crippen molar-refractivity contribution in [2.45, 2.75) is 63.2 Å². The van der Waals surface area contributed by atoms with Gasteiger partial charge in [-0.25, -0.2) is 12.8 Å². The van der Waals surface area contributed by atoms with Crippen LogP contribution in [0.5, 0.6) is 0 Å². The van der Waals surface area contributed by atoms with E-state index in [2.05, 4.69) is 16.0 Å². The predicted molar refractivity (Wildman–Crippen MR) is 152 cm³/mol. The van der Waals surface area contributed by atoms with Gasteiger partial charge in [0.2, 0.25) is 15.9 Å². The highest BCUT2D eigenvalue weighted by atomic mass is 35.5. The molecule has 39 heavy (non-hydrogen) atoms. The molecule has 2 aliphatic rings. The Kier molecular flexibility index (Phi) is 10.4. The molecule has 2 aromatic rings. The van der Waals surface area contributed by atoms with Crippen LogP contribution in [-0.2, 0) is 32.4 Å². The summed E-state index contributed by atoms with van der Waals surface area (Å²) >= 11 is 6.05. The van der Waals surface area contributed by atoms with Gasteiger partial charge in [-0.1, -0.05) is 29.8 Å². The van der Waals surface area contributed by atoms with E-state index in [4.69, 9.17) is 16.3 Å². The molecule has 3 atom stereocenters. The Balaban J connectivity index is 1.51. The van der Waals surface area contributed by atoms with Gasteiger partial charge in [-0.05, 0) is 68.9 Å². The van der Waals surface area contributed by atoms with E-state index in [-0.39, 0.29) is 30.5 Å². The van der Waals surface area contributed by atoms with Crippen molar-refractivity contribution in [2.24, 2.45) is 0 Å². The first-order valence-electron chi connectivity index (χ1n) is 13.5. The summed E-state index contributed by atoms with van der Waals surface area (Å²) in [6.45, 7) is 4.20. The number of amides is 1. The summed E-state index contributed by atoms with van der Waals surface area (Å²) in [5.41, 5.74) is 1.73. The average Bonchev–Trinajstić information content (AvgIpc) is 2.89. The number of ether oxygens (including phenoxy) is 1. The Morgan fingerprint density at radius 1 is 1.18 bits per heavy atom. The number of carbonyl (C=O) groups excluding carboxylic acids is 1. The molecule has 0 aliphatic carbocycles. The second-order valence-electron chi connectivity index (χ2n) is 10.5.